The number of hydrogen-bond donors (Lipinski definition) is 1. The summed E-state index contributed by atoms with van der Waals surface area (Å²) in [5.41, 5.74) is 1.73. The number of aromatic nitrogens is 2. The highest BCUT2D eigenvalue weighted by atomic mass is 16.4. The van der Waals surface area contributed by atoms with E-state index < -0.39 is 5.97 Å². The van der Waals surface area contributed by atoms with Crippen LogP contribution >= 0.6 is 0 Å². The molecule has 0 bridgehead atoms. The fraction of sp³-hybridized carbons (Fsp3) is 0.214. The summed E-state index contributed by atoms with van der Waals surface area (Å²) in [6.07, 6.45) is 1.68. The Morgan fingerprint density at radius 2 is 1.95 bits per heavy atom. The zero-order valence-corrected chi connectivity index (χ0v) is 11.2. The van der Waals surface area contributed by atoms with Crippen LogP contribution in [0.3, 0.4) is 0 Å². The van der Waals surface area contributed by atoms with Crippen molar-refractivity contribution in [2.75, 3.05) is 5.32 Å². The molecule has 1 aromatic carbocycles. The second kappa shape index (κ2) is 5.56. The molecule has 1 aromatic heterocycles. The molecule has 0 aliphatic carbocycles. The number of aromatic carboxylic acids is 1. The van der Waals surface area contributed by atoms with Gasteiger partial charge in [0.15, 0.2) is 0 Å². The highest BCUT2D eigenvalue weighted by Crippen LogP contribution is 2.13. The lowest BCUT2D eigenvalue weighted by Crippen LogP contribution is -2.22. The lowest BCUT2D eigenvalue weighted by Gasteiger charge is -2.06. The topological polar surface area (TPSA) is 87.0 Å². The van der Waals surface area contributed by atoms with Crippen molar-refractivity contribution < 1.29 is 14.7 Å². The summed E-state index contributed by atoms with van der Waals surface area (Å²) in [6.45, 7) is 4.39. The number of rotatable bonds is 4. The average Bonchev–Trinajstić information content (AvgIpc) is 2.80. The number of carboxylic acid groups (broad SMARTS) is 1. The minimum atomic E-state index is -1.25. The average molecular weight is 272 g/mol. The van der Waals surface area contributed by atoms with E-state index in [4.69, 9.17) is 0 Å². The summed E-state index contributed by atoms with van der Waals surface area (Å²) < 4.78 is 1.68. The highest BCUT2D eigenvalue weighted by Gasteiger charge is 2.13. The molecule has 1 heterocycles. The Hall–Kier alpha value is -2.63. The normalized spacial score (nSPS) is 10.3. The van der Waals surface area contributed by atoms with Crippen LogP contribution in [0, 0.1) is 6.92 Å². The number of hydrogen-bond acceptors (Lipinski definition) is 4. The molecule has 0 aliphatic rings. The van der Waals surface area contributed by atoms with Crippen LogP contribution < -0.4 is 10.4 Å². The first kappa shape index (κ1) is 13.8. The molecule has 0 fully saturated rings. The second-order valence-corrected chi connectivity index (χ2v) is 4.30. The lowest BCUT2D eigenvalue weighted by molar-refractivity contribution is -0.255. The smallest absolute Gasteiger partial charge is 0.259 e. The number of benzene rings is 1. The van der Waals surface area contributed by atoms with E-state index >= 15 is 0 Å². The number of carbonyl (C=O) groups is 2. The maximum atomic E-state index is 12.1. The fourth-order valence-electron chi connectivity index (χ4n) is 1.79. The van der Waals surface area contributed by atoms with Crippen molar-refractivity contribution in [3.05, 3.63) is 47.3 Å². The van der Waals surface area contributed by atoms with E-state index in [2.05, 4.69) is 10.4 Å². The van der Waals surface area contributed by atoms with Crippen molar-refractivity contribution in [1.29, 1.82) is 0 Å². The van der Waals surface area contributed by atoms with Crippen molar-refractivity contribution in [2.45, 2.75) is 20.4 Å². The van der Waals surface area contributed by atoms with E-state index in [0.29, 0.717) is 23.5 Å². The number of carbonyl (C=O) groups excluding carboxylic acids is 2. The first-order chi connectivity index (χ1) is 9.51. The van der Waals surface area contributed by atoms with Crippen LogP contribution in [0.4, 0.5) is 5.69 Å². The Morgan fingerprint density at radius 1 is 1.30 bits per heavy atom. The lowest BCUT2D eigenvalue weighted by atomic mass is 10.2. The van der Waals surface area contributed by atoms with E-state index in [0.717, 1.165) is 0 Å². The van der Waals surface area contributed by atoms with Crippen LogP contribution in [-0.2, 0) is 6.54 Å². The molecule has 0 unspecified atom stereocenters. The van der Waals surface area contributed by atoms with Crippen molar-refractivity contribution in [3.63, 3.8) is 0 Å². The van der Waals surface area contributed by atoms with Crippen LogP contribution in [-0.4, -0.2) is 21.7 Å². The predicted octanol–water partition coefficient (Wildman–Crippen LogP) is 0.827. The summed E-state index contributed by atoms with van der Waals surface area (Å²) in [5, 5.41) is 17.5. The van der Waals surface area contributed by atoms with Gasteiger partial charge < -0.3 is 15.2 Å². The molecule has 104 valence electrons. The maximum absolute atomic E-state index is 12.1. The van der Waals surface area contributed by atoms with Gasteiger partial charge in [-0.25, -0.2) is 0 Å². The summed E-state index contributed by atoms with van der Waals surface area (Å²) in [7, 11) is 0. The second-order valence-electron chi connectivity index (χ2n) is 4.30. The molecule has 1 N–H and O–H groups in total. The van der Waals surface area contributed by atoms with E-state index in [1.165, 1.54) is 24.3 Å². The molecule has 0 radical (unpaired) electrons. The summed E-state index contributed by atoms with van der Waals surface area (Å²) in [6, 6.07) is 5.80. The molecule has 0 saturated carbocycles. The third-order valence-electron chi connectivity index (χ3n) is 2.89. The van der Waals surface area contributed by atoms with Gasteiger partial charge in [0.2, 0.25) is 0 Å². The molecule has 0 spiro atoms. The molecule has 2 rings (SSSR count). The van der Waals surface area contributed by atoms with Gasteiger partial charge in [0.25, 0.3) is 5.91 Å². The van der Waals surface area contributed by atoms with Crippen LogP contribution in [0.2, 0.25) is 0 Å². The van der Waals surface area contributed by atoms with E-state index in [-0.39, 0.29) is 11.5 Å². The number of aryl methyl sites for hydroxylation is 2. The van der Waals surface area contributed by atoms with Crippen LogP contribution in [0.15, 0.2) is 30.5 Å². The summed E-state index contributed by atoms with van der Waals surface area (Å²) >= 11 is 0. The molecule has 2 aromatic rings. The molecule has 0 saturated heterocycles. The van der Waals surface area contributed by atoms with Gasteiger partial charge in [-0.3, -0.25) is 9.48 Å². The van der Waals surface area contributed by atoms with Gasteiger partial charge in [0.1, 0.15) is 0 Å². The maximum Gasteiger partial charge on any atom is 0.259 e. The molecule has 6 heteroatoms. The Morgan fingerprint density at radius 3 is 2.45 bits per heavy atom. The van der Waals surface area contributed by atoms with Crippen LogP contribution in [0.25, 0.3) is 0 Å². The van der Waals surface area contributed by atoms with E-state index in [1.54, 1.807) is 17.8 Å². The van der Waals surface area contributed by atoms with Crippen LogP contribution in [0.1, 0.15) is 33.3 Å². The molecule has 1 amide bonds. The SMILES string of the molecule is CCn1cc(C(=O)Nc2ccc(C(=O)[O-])cc2)c(C)n1. The number of anilines is 1. The Kier molecular flexibility index (Phi) is 3.84. The Labute approximate surface area is 116 Å². The number of amides is 1. The highest BCUT2D eigenvalue weighted by molar-refractivity contribution is 6.05. The molecule has 6 nitrogen and oxygen atoms in total. The van der Waals surface area contributed by atoms with Gasteiger partial charge in [-0.05, 0) is 31.5 Å². The molecule has 20 heavy (non-hydrogen) atoms. The van der Waals surface area contributed by atoms with E-state index in [9.17, 15) is 14.7 Å². The standard InChI is InChI=1S/C14H15N3O3/c1-3-17-8-12(9(2)16-17)13(18)15-11-6-4-10(5-7-11)14(19)20/h4-8H,3H2,1-2H3,(H,15,18)(H,19,20)/p-1. The molecular formula is C14H14N3O3-. The predicted molar refractivity (Wildman–Crippen MR) is 71.4 cm³/mol. The Balaban J connectivity index is 2.14. The number of nitrogens with one attached hydrogen (secondary N) is 1. The first-order valence-corrected chi connectivity index (χ1v) is 6.18. The summed E-state index contributed by atoms with van der Waals surface area (Å²) in [4.78, 5) is 22.7. The third-order valence-corrected chi connectivity index (χ3v) is 2.89. The number of nitrogens with zero attached hydrogens (tertiary/aromatic N) is 2. The first-order valence-electron chi connectivity index (χ1n) is 6.18. The van der Waals surface area contributed by atoms with Gasteiger partial charge in [0.05, 0.1) is 17.2 Å². The van der Waals surface area contributed by atoms with Crippen molar-refractivity contribution in [3.8, 4) is 0 Å². The van der Waals surface area contributed by atoms with Crippen molar-refractivity contribution >= 4 is 17.6 Å². The van der Waals surface area contributed by atoms with Crippen molar-refractivity contribution in [1.82, 2.24) is 9.78 Å². The van der Waals surface area contributed by atoms with E-state index in [1.807, 2.05) is 6.92 Å². The van der Waals surface area contributed by atoms with Gasteiger partial charge in [-0.1, -0.05) is 12.1 Å². The van der Waals surface area contributed by atoms with Gasteiger partial charge >= 0.3 is 0 Å². The number of carboxylic acids is 1. The Bertz CT molecular complexity index is 644. The molecule has 0 aliphatic heterocycles. The minimum Gasteiger partial charge on any atom is -0.545 e. The minimum absolute atomic E-state index is 0.0676. The van der Waals surface area contributed by atoms with Crippen molar-refractivity contribution in [2.24, 2.45) is 0 Å². The molecular weight excluding hydrogens is 258 g/mol. The van der Waals surface area contributed by atoms with Gasteiger partial charge in [-0.2, -0.15) is 5.10 Å². The molecule has 0 atom stereocenters. The third kappa shape index (κ3) is 2.85. The van der Waals surface area contributed by atoms with Crippen LogP contribution in [0.5, 0.6) is 0 Å². The monoisotopic (exact) mass is 272 g/mol. The van der Waals surface area contributed by atoms with Gasteiger partial charge in [0, 0.05) is 18.4 Å². The van der Waals surface area contributed by atoms with Gasteiger partial charge in [-0.15, -0.1) is 0 Å². The zero-order chi connectivity index (χ0) is 14.7. The quantitative estimate of drug-likeness (QED) is 0.893. The largest absolute Gasteiger partial charge is 0.545 e. The zero-order valence-electron chi connectivity index (χ0n) is 11.2. The summed E-state index contributed by atoms with van der Waals surface area (Å²) in [5.74, 6) is -1.52. The fourth-order valence-corrected chi connectivity index (χ4v) is 1.79.